The molecule has 0 aliphatic carbocycles. The molecule has 0 saturated carbocycles. The summed E-state index contributed by atoms with van der Waals surface area (Å²) in [6, 6.07) is 11.8. The summed E-state index contributed by atoms with van der Waals surface area (Å²) in [5.74, 6) is 0.281. The molecule has 8 nitrogen and oxygen atoms in total. The van der Waals surface area contributed by atoms with Crippen molar-refractivity contribution in [3.05, 3.63) is 52.8 Å². The highest BCUT2D eigenvalue weighted by atomic mass is 16.8. The number of nitriles is 1. The average molecular weight is 442 g/mol. The van der Waals surface area contributed by atoms with E-state index in [1.165, 1.54) is 7.11 Å². The van der Waals surface area contributed by atoms with Crippen molar-refractivity contribution in [2.24, 2.45) is 0 Å². The van der Waals surface area contributed by atoms with Crippen molar-refractivity contribution in [2.75, 3.05) is 27.1 Å². The van der Waals surface area contributed by atoms with Crippen molar-refractivity contribution in [3.63, 3.8) is 0 Å². The van der Waals surface area contributed by atoms with Crippen LogP contribution in [0, 0.1) is 18.3 Å². The number of nitrogens with zero attached hydrogens (tertiary/aromatic N) is 3. The Morgan fingerprint density at radius 2 is 1.81 bits per heavy atom. The molecule has 0 unspecified atom stereocenters. The van der Waals surface area contributed by atoms with Gasteiger partial charge in [0.25, 0.3) is 0 Å². The summed E-state index contributed by atoms with van der Waals surface area (Å²) in [6.07, 6.45) is -0.880. The molecule has 0 spiro atoms. The molecule has 0 atom stereocenters. The maximum Gasteiger partial charge on any atom is 0.511 e. The molecule has 2 aromatic rings. The van der Waals surface area contributed by atoms with Gasteiger partial charge in [0.2, 0.25) is 6.79 Å². The number of rotatable bonds is 9. The highest BCUT2D eigenvalue weighted by Gasteiger charge is 2.20. The zero-order valence-corrected chi connectivity index (χ0v) is 19.6. The van der Waals surface area contributed by atoms with E-state index in [-0.39, 0.29) is 24.4 Å². The van der Waals surface area contributed by atoms with Crippen molar-refractivity contribution in [1.82, 2.24) is 9.78 Å². The van der Waals surface area contributed by atoms with Crippen molar-refractivity contribution < 1.29 is 23.7 Å². The molecule has 172 valence electrons. The highest BCUT2D eigenvalue weighted by Crippen LogP contribution is 2.30. The molecule has 0 amide bonds. The molecule has 0 fully saturated rings. The van der Waals surface area contributed by atoms with Gasteiger partial charge in [0, 0.05) is 13.7 Å². The summed E-state index contributed by atoms with van der Waals surface area (Å²) in [4.78, 5) is 11.7. The summed E-state index contributed by atoms with van der Waals surface area (Å²) in [7, 11) is 1.51. The van der Waals surface area contributed by atoms with Gasteiger partial charge in [-0.3, -0.25) is 4.68 Å². The first-order chi connectivity index (χ1) is 15.2. The monoisotopic (exact) mass is 441 g/mol. The first-order valence-corrected chi connectivity index (χ1v) is 10.4. The summed E-state index contributed by atoms with van der Waals surface area (Å²) in [6.45, 7) is 10.7. The number of carbonyl (C=O) groups excluding carboxylic acids is 1. The van der Waals surface area contributed by atoms with Crippen LogP contribution in [-0.4, -0.2) is 43.1 Å². The van der Waals surface area contributed by atoms with E-state index in [2.05, 4.69) is 31.9 Å². The molecule has 2 rings (SSSR count). The molecule has 0 bridgehead atoms. The highest BCUT2D eigenvalue weighted by molar-refractivity contribution is 5.94. The SMILES string of the molecule is CCn1nc(C)cc1/C(OCOC(=O)OCCOC)=C(\C#N)c1ccc(C(C)(C)C)cc1. The van der Waals surface area contributed by atoms with Crippen LogP contribution in [0.5, 0.6) is 0 Å². The number of aryl methyl sites for hydroxylation is 2. The van der Waals surface area contributed by atoms with Crippen LogP contribution in [0.1, 0.15) is 50.2 Å². The second-order valence-electron chi connectivity index (χ2n) is 8.13. The van der Waals surface area contributed by atoms with Crippen LogP contribution < -0.4 is 0 Å². The molecule has 1 aromatic carbocycles. The van der Waals surface area contributed by atoms with Crippen LogP contribution >= 0.6 is 0 Å². The van der Waals surface area contributed by atoms with E-state index in [0.717, 1.165) is 11.3 Å². The first-order valence-electron chi connectivity index (χ1n) is 10.4. The van der Waals surface area contributed by atoms with Gasteiger partial charge in [0.15, 0.2) is 5.76 Å². The minimum Gasteiger partial charge on any atom is -0.454 e. The Balaban J connectivity index is 2.38. The van der Waals surface area contributed by atoms with Crippen molar-refractivity contribution in [3.8, 4) is 6.07 Å². The van der Waals surface area contributed by atoms with Gasteiger partial charge in [-0.2, -0.15) is 10.4 Å². The molecule has 0 N–H and O–H groups in total. The average Bonchev–Trinajstić information content (AvgIpc) is 3.13. The lowest BCUT2D eigenvalue weighted by atomic mass is 9.86. The lowest BCUT2D eigenvalue weighted by Crippen LogP contribution is -2.14. The topological polar surface area (TPSA) is 95.6 Å². The second-order valence-corrected chi connectivity index (χ2v) is 8.13. The van der Waals surface area contributed by atoms with Gasteiger partial charge in [-0.1, -0.05) is 45.0 Å². The van der Waals surface area contributed by atoms with Crippen molar-refractivity contribution in [2.45, 2.75) is 46.6 Å². The zero-order chi connectivity index (χ0) is 23.7. The van der Waals surface area contributed by atoms with E-state index in [1.54, 1.807) is 4.68 Å². The molecule has 0 saturated heterocycles. The van der Waals surface area contributed by atoms with Gasteiger partial charge in [-0.15, -0.1) is 0 Å². The molecular formula is C24H31N3O5. The number of hydrogen-bond acceptors (Lipinski definition) is 7. The normalized spacial score (nSPS) is 12.0. The van der Waals surface area contributed by atoms with Crippen LogP contribution in [0.2, 0.25) is 0 Å². The zero-order valence-electron chi connectivity index (χ0n) is 19.6. The van der Waals surface area contributed by atoms with E-state index < -0.39 is 12.9 Å². The summed E-state index contributed by atoms with van der Waals surface area (Å²) >= 11 is 0. The molecular weight excluding hydrogens is 410 g/mol. The smallest absolute Gasteiger partial charge is 0.454 e. The maximum absolute atomic E-state index is 11.7. The third-order valence-electron chi connectivity index (χ3n) is 4.70. The number of aromatic nitrogens is 2. The predicted molar refractivity (Wildman–Crippen MR) is 120 cm³/mol. The third kappa shape index (κ3) is 6.59. The molecule has 0 aliphatic heterocycles. The van der Waals surface area contributed by atoms with Crippen molar-refractivity contribution >= 4 is 17.5 Å². The molecule has 0 radical (unpaired) electrons. The quantitative estimate of drug-likeness (QED) is 0.183. The summed E-state index contributed by atoms with van der Waals surface area (Å²) in [5, 5.41) is 14.4. The Hall–Kier alpha value is -3.31. The number of ether oxygens (including phenoxy) is 4. The van der Waals surface area contributed by atoms with Crippen LogP contribution in [0.15, 0.2) is 30.3 Å². The Bertz CT molecular complexity index is 979. The van der Waals surface area contributed by atoms with Gasteiger partial charge in [0.05, 0.1) is 12.3 Å². The van der Waals surface area contributed by atoms with E-state index in [4.69, 9.17) is 18.9 Å². The van der Waals surface area contributed by atoms with E-state index in [9.17, 15) is 10.1 Å². The Morgan fingerprint density at radius 3 is 2.38 bits per heavy atom. The van der Waals surface area contributed by atoms with Gasteiger partial charge >= 0.3 is 6.16 Å². The Labute approximate surface area is 189 Å². The fourth-order valence-electron chi connectivity index (χ4n) is 3.01. The van der Waals surface area contributed by atoms with Gasteiger partial charge in [0.1, 0.15) is 23.9 Å². The largest absolute Gasteiger partial charge is 0.511 e. The molecule has 1 heterocycles. The van der Waals surface area contributed by atoms with Crippen LogP contribution in [0.4, 0.5) is 4.79 Å². The van der Waals surface area contributed by atoms with Gasteiger partial charge in [-0.25, -0.2) is 4.79 Å². The summed E-state index contributed by atoms with van der Waals surface area (Å²) < 4.78 is 22.2. The Kier molecular flexibility index (Phi) is 8.85. The van der Waals surface area contributed by atoms with E-state index >= 15 is 0 Å². The summed E-state index contributed by atoms with van der Waals surface area (Å²) in [5.41, 5.74) is 3.55. The Morgan fingerprint density at radius 1 is 1.12 bits per heavy atom. The minimum atomic E-state index is -0.880. The first kappa shape index (κ1) is 25.0. The third-order valence-corrected chi connectivity index (χ3v) is 4.70. The fraction of sp³-hybridized carbons (Fsp3) is 0.458. The number of hydrogen-bond donors (Lipinski definition) is 0. The van der Waals surface area contributed by atoms with Gasteiger partial charge in [-0.05, 0) is 36.5 Å². The number of methoxy groups -OCH3 is 1. The van der Waals surface area contributed by atoms with Gasteiger partial charge < -0.3 is 18.9 Å². The molecule has 0 aliphatic rings. The lowest BCUT2D eigenvalue weighted by molar-refractivity contribution is -0.0130. The predicted octanol–water partition coefficient (Wildman–Crippen LogP) is 4.67. The van der Waals surface area contributed by atoms with Crippen LogP contribution in [-0.2, 0) is 30.9 Å². The fourth-order valence-corrected chi connectivity index (χ4v) is 3.01. The van der Waals surface area contributed by atoms with E-state index in [1.807, 2.05) is 44.2 Å². The van der Waals surface area contributed by atoms with E-state index in [0.29, 0.717) is 23.4 Å². The van der Waals surface area contributed by atoms with Crippen LogP contribution in [0.3, 0.4) is 0 Å². The van der Waals surface area contributed by atoms with Crippen molar-refractivity contribution in [1.29, 1.82) is 5.26 Å². The molecule has 1 aromatic heterocycles. The lowest BCUT2D eigenvalue weighted by Gasteiger charge is -2.19. The standard InChI is InChI=1S/C24H31N3O5/c1-7-27-21(14-17(2)26-27)22(31-16-32-23(28)30-13-12-29-6)20(15-25)18-8-10-19(11-9-18)24(3,4)5/h8-11,14H,7,12-13,16H2,1-6H3/b22-20-. The molecule has 32 heavy (non-hydrogen) atoms. The van der Waals surface area contributed by atoms with Crippen LogP contribution in [0.25, 0.3) is 11.3 Å². The second kappa shape index (κ2) is 11.3. The number of benzene rings is 1. The maximum atomic E-state index is 11.7. The minimum absolute atomic E-state index is 0.0106. The number of carbonyl (C=O) groups is 1. The number of allylic oxidation sites excluding steroid dienone is 1. The molecule has 8 heteroatoms.